The standard InChI is InChI=1S/C23H32O2/c1-15-9-10-20(16(2)11-15)25-14-17-12-18(22(3,4)5)21(24)19(13-17)23(6,7)8/h9-13,24H,14H2,1-8H3. The van der Waals surface area contributed by atoms with E-state index in [9.17, 15) is 5.11 Å². The van der Waals surface area contributed by atoms with Crippen LogP contribution in [0.5, 0.6) is 11.5 Å². The van der Waals surface area contributed by atoms with Gasteiger partial charge >= 0.3 is 0 Å². The van der Waals surface area contributed by atoms with Crippen LogP contribution in [0.3, 0.4) is 0 Å². The average molecular weight is 341 g/mol. The maximum Gasteiger partial charge on any atom is 0.123 e. The third-order valence-electron chi connectivity index (χ3n) is 4.51. The van der Waals surface area contributed by atoms with E-state index in [4.69, 9.17) is 4.74 Å². The number of phenolic OH excluding ortho intramolecular Hbond substituents is 1. The zero-order valence-electron chi connectivity index (χ0n) is 16.9. The Morgan fingerprint density at radius 3 is 1.80 bits per heavy atom. The van der Waals surface area contributed by atoms with Gasteiger partial charge in [-0.1, -0.05) is 59.2 Å². The van der Waals surface area contributed by atoms with E-state index in [1.807, 2.05) is 6.07 Å². The van der Waals surface area contributed by atoms with Gasteiger partial charge in [-0.3, -0.25) is 0 Å². The number of aromatic hydroxyl groups is 1. The summed E-state index contributed by atoms with van der Waals surface area (Å²) in [5, 5.41) is 10.8. The Kier molecular flexibility index (Phi) is 5.22. The van der Waals surface area contributed by atoms with E-state index >= 15 is 0 Å². The number of ether oxygens (including phenoxy) is 1. The molecular weight excluding hydrogens is 308 g/mol. The summed E-state index contributed by atoms with van der Waals surface area (Å²) in [6, 6.07) is 10.4. The maximum atomic E-state index is 10.8. The molecule has 2 heteroatoms. The summed E-state index contributed by atoms with van der Waals surface area (Å²) in [7, 11) is 0. The molecule has 2 nitrogen and oxygen atoms in total. The highest BCUT2D eigenvalue weighted by Crippen LogP contribution is 2.40. The minimum atomic E-state index is -0.125. The molecular formula is C23H32O2. The highest BCUT2D eigenvalue weighted by molar-refractivity contribution is 5.50. The second-order valence-electron chi connectivity index (χ2n) is 9.10. The Labute approximate surface area is 152 Å². The maximum absolute atomic E-state index is 10.8. The molecule has 0 aromatic heterocycles. The molecule has 0 bridgehead atoms. The van der Waals surface area contributed by atoms with Gasteiger partial charge in [-0.25, -0.2) is 0 Å². The van der Waals surface area contributed by atoms with Crippen LogP contribution < -0.4 is 4.74 Å². The van der Waals surface area contributed by atoms with Crippen molar-refractivity contribution in [2.45, 2.75) is 72.8 Å². The van der Waals surface area contributed by atoms with Crippen molar-refractivity contribution in [3.63, 3.8) is 0 Å². The smallest absolute Gasteiger partial charge is 0.123 e. The second-order valence-corrected chi connectivity index (χ2v) is 9.10. The van der Waals surface area contributed by atoms with E-state index < -0.39 is 0 Å². The van der Waals surface area contributed by atoms with Crippen LogP contribution in [-0.4, -0.2) is 5.11 Å². The molecule has 1 N–H and O–H groups in total. The van der Waals surface area contributed by atoms with Crippen LogP contribution in [0.2, 0.25) is 0 Å². The molecule has 0 saturated carbocycles. The first-order valence-electron chi connectivity index (χ1n) is 8.96. The molecule has 25 heavy (non-hydrogen) atoms. The number of hydrogen-bond acceptors (Lipinski definition) is 2. The van der Waals surface area contributed by atoms with E-state index in [2.05, 4.69) is 79.7 Å². The second kappa shape index (κ2) is 6.74. The minimum Gasteiger partial charge on any atom is -0.507 e. The fourth-order valence-electron chi connectivity index (χ4n) is 3.04. The minimum absolute atomic E-state index is 0.125. The van der Waals surface area contributed by atoms with Crippen molar-refractivity contribution in [2.75, 3.05) is 0 Å². The summed E-state index contributed by atoms with van der Waals surface area (Å²) in [6.07, 6.45) is 0. The van der Waals surface area contributed by atoms with Gasteiger partial charge in [-0.2, -0.15) is 0 Å². The van der Waals surface area contributed by atoms with Crippen molar-refractivity contribution in [1.82, 2.24) is 0 Å². The van der Waals surface area contributed by atoms with Gasteiger partial charge in [0.2, 0.25) is 0 Å². The Morgan fingerprint density at radius 1 is 0.840 bits per heavy atom. The van der Waals surface area contributed by atoms with Gasteiger partial charge in [0.25, 0.3) is 0 Å². The number of benzene rings is 2. The normalized spacial score (nSPS) is 12.3. The van der Waals surface area contributed by atoms with Crippen LogP contribution >= 0.6 is 0 Å². The molecule has 0 heterocycles. The first-order chi connectivity index (χ1) is 11.4. The molecule has 0 aliphatic rings. The summed E-state index contributed by atoms with van der Waals surface area (Å²) in [6.45, 7) is 17.4. The zero-order valence-corrected chi connectivity index (χ0v) is 16.9. The van der Waals surface area contributed by atoms with Crippen LogP contribution in [0.1, 0.15) is 69.4 Å². The van der Waals surface area contributed by atoms with Crippen LogP contribution in [0.15, 0.2) is 30.3 Å². The van der Waals surface area contributed by atoms with Crippen LogP contribution in [0, 0.1) is 13.8 Å². The van der Waals surface area contributed by atoms with Crippen molar-refractivity contribution in [1.29, 1.82) is 0 Å². The molecule has 2 rings (SSSR count). The predicted octanol–water partition coefficient (Wildman–Crippen LogP) is 6.18. The Hall–Kier alpha value is -1.96. The first-order valence-corrected chi connectivity index (χ1v) is 8.96. The summed E-state index contributed by atoms with van der Waals surface area (Å²) >= 11 is 0. The molecule has 0 radical (unpaired) electrons. The Balaban J connectivity index is 2.40. The van der Waals surface area contributed by atoms with Gasteiger partial charge in [0.05, 0.1) is 0 Å². The van der Waals surface area contributed by atoms with Crippen LogP contribution in [0.25, 0.3) is 0 Å². The largest absolute Gasteiger partial charge is 0.507 e. The highest BCUT2D eigenvalue weighted by Gasteiger charge is 2.26. The van der Waals surface area contributed by atoms with E-state index in [1.165, 1.54) is 5.56 Å². The van der Waals surface area contributed by atoms with E-state index in [0.29, 0.717) is 12.4 Å². The van der Waals surface area contributed by atoms with E-state index in [0.717, 1.165) is 28.0 Å². The van der Waals surface area contributed by atoms with Crippen molar-refractivity contribution in [3.05, 3.63) is 58.1 Å². The van der Waals surface area contributed by atoms with Crippen molar-refractivity contribution in [2.24, 2.45) is 0 Å². The lowest BCUT2D eigenvalue weighted by atomic mass is 9.78. The molecule has 0 saturated heterocycles. The van der Waals surface area contributed by atoms with Gasteiger partial charge in [0, 0.05) is 0 Å². The summed E-state index contributed by atoms with van der Waals surface area (Å²) < 4.78 is 6.07. The van der Waals surface area contributed by atoms with Crippen molar-refractivity contribution < 1.29 is 9.84 Å². The molecule has 2 aromatic carbocycles. The Bertz CT molecular complexity index is 724. The average Bonchev–Trinajstić information content (AvgIpc) is 2.45. The van der Waals surface area contributed by atoms with Gasteiger partial charge < -0.3 is 9.84 Å². The quantitative estimate of drug-likeness (QED) is 0.722. The van der Waals surface area contributed by atoms with Crippen LogP contribution in [0.4, 0.5) is 0 Å². The summed E-state index contributed by atoms with van der Waals surface area (Å²) in [5.74, 6) is 1.32. The molecule has 2 aromatic rings. The molecule has 0 amide bonds. The van der Waals surface area contributed by atoms with Gasteiger partial charge in [-0.05, 0) is 65.1 Å². The summed E-state index contributed by atoms with van der Waals surface area (Å²) in [5.41, 5.74) is 5.16. The van der Waals surface area contributed by atoms with Gasteiger partial charge in [0.1, 0.15) is 18.1 Å². The highest BCUT2D eigenvalue weighted by atomic mass is 16.5. The van der Waals surface area contributed by atoms with Gasteiger partial charge in [-0.15, -0.1) is 0 Å². The molecule has 0 unspecified atom stereocenters. The van der Waals surface area contributed by atoms with Crippen molar-refractivity contribution >= 4 is 0 Å². The fourth-order valence-corrected chi connectivity index (χ4v) is 3.04. The van der Waals surface area contributed by atoms with Gasteiger partial charge in [0.15, 0.2) is 0 Å². The first kappa shape index (κ1) is 19.4. The zero-order chi connectivity index (χ0) is 19.0. The molecule has 0 spiro atoms. The monoisotopic (exact) mass is 340 g/mol. The lowest BCUT2D eigenvalue weighted by molar-refractivity contribution is 0.303. The molecule has 0 fully saturated rings. The number of hydrogen-bond donors (Lipinski definition) is 1. The van der Waals surface area contributed by atoms with Crippen molar-refractivity contribution in [3.8, 4) is 11.5 Å². The SMILES string of the molecule is Cc1ccc(OCc2cc(C(C)(C)C)c(O)c(C(C)(C)C)c2)c(C)c1. The molecule has 0 aliphatic carbocycles. The lowest BCUT2D eigenvalue weighted by Crippen LogP contribution is -2.18. The third kappa shape index (κ3) is 4.56. The summed E-state index contributed by atoms with van der Waals surface area (Å²) in [4.78, 5) is 0. The Morgan fingerprint density at radius 2 is 1.36 bits per heavy atom. The van der Waals surface area contributed by atoms with E-state index in [-0.39, 0.29) is 10.8 Å². The molecule has 0 atom stereocenters. The predicted molar refractivity (Wildman–Crippen MR) is 106 cm³/mol. The third-order valence-corrected chi connectivity index (χ3v) is 4.51. The van der Waals surface area contributed by atoms with Crippen LogP contribution in [-0.2, 0) is 17.4 Å². The van der Waals surface area contributed by atoms with E-state index in [1.54, 1.807) is 0 Å². The molecule has 136 valence electrons. The topological polar surface area (TPSA) is 29.5 Å². The molecule has 0 aliphatic heterocycles. The number of aryl methyl sites for hydroxylation is 2. The lowest BCUT2D eigenvalue weighted by Gasteiger charge is -2.28. The number of phenols is 1. The number of rotatable bonds is 3. The fraction of sp³-hybridized carbons (Fsp3) is 0.478.